The second kappa shape index (κ2) is 11.8. The lowest BCUT2D eigenvalue weighted by Crippen LogP contribution is -2.43. The molecule has 3 rings (SSSR count). The molecule has 0 saturated carbocycles. The summed E-state index contributed by atoms with van der Waals surface area (Å²) < 4.78 is 2.01. The van der Waals surface area contributed by atoms with Gasteiger partial charge < -0.3 is 14.8 Å². The third kappa shape index (κ3) is 6.39. The van der Waals surface area contributed by atoms with E-state index in [0.717, 1.165) is 56.8 Å². The van der Waals surface area contributed by atoms with E-state index in [4.69, 9.17) is 4.99 Å². The standard InChI is InChI=1S/C20H33N7S.HI/c1-5-26(6-2)17-10-12-27(15-17)20(21-11-9-18-8-7-13-28-18)22-14-19-24-23-16(3)25(19)4;/h7-8,13,17H,5-6,9-12,14-15H2,1-4H3,(H,21,22);1H. The Morgan fingerprint density at radius 1 is 1.34 bits per heavy atom. The summed E-state index contributed by atoms with van der Waals surface area (Å²) in [6.07, 6.45) is 2.21. The fourth-order valence-corrected chi connectivity index (χ4v) is 4.44. The van der Waals surface area contributed by atoms with Crippen LogP contribution in [0.2, 0.25) is 0 Å². The molecular formula is C20H34IN7S. The minimum Gasteiger partial charge on any atom is -0.356 e. The van der Waals surface area contributed by atoms with Crippen LogP contribution in [0.5, 0.6) is 0 Å². The number of hydrogen-bond donors (Lipinski definition) is 1. The molecule has 1 saturated heterocycles. The maximum Gasteiger partial charge on any atom is 0.194 e. The molecule has 2 aromatic rings. The topological polar surface area (TPSA) is 61.6 Å². The van der Waals surface area contributed by atoms with E-state index in [9.17, 15) is 0 Å². The predicted octanol–water partition coefficient (Wildman–Crippen LogP) is 2.91. The number of likely N-dealkylation sites (tertiary alicyclic amines) is 1. The Labute approximate surface area is 195 Å². The maximum atomic E-state index is 4.91. The number of aromatic nitrogens is 3. The molecule has 3 heterocycles. The number of aryl methyl sites for hydroxylation is 1. The van der Waals surface area contributed by atoms with Gasteiger partial charge in [0.15, 0.2) is 11.8 Å². The third-order valence-electron chi connectivity index (χ3n) is 5.58. The van der Waals surface area contributed by atoms with Crippen LogP contribution in [0.3, 0.4) is 0 Å². The van der Waals surface area contributed by atoms with Gasteiger partial charge in [-0.15, -0.1) is 45.5 Å². The number of guanidine groups is 1. The van der Waals surface area contributed by atoms with E-state index in [2.05, 4.69) is 56.7 Å². The van der Waals surface area contributed by atoms with Gasteiger partial charge in [0.25, 0.3) is 0 Å². The molecule has 1 aliphatic heterocycles. The first kappa shape index (κ1) is 24.1. The van der Waals surface area contributed by atoms with Gasteiger partial charge in [0.05, 0.1) is 0 Å². The average Bonchev–Trinajstić information content (AvgIpc) is 3.44. The summed E-state index contributed by atoms with van der Waals surface area (Å²) in [6, 6.07) is 4.91. The Morgan fingerprint density at radius 2 is 2.14 bits per heavy atom. The van der Waals surface area contributed by atoms with E-state index >= 15 is 0 Å². The second-order valence-electron chi connectivity index (χ2n) is 7.23. The van der Waals surface area contributed by atoms with E-state index in [-0.39, 0.29) is 24.0 Å². The van der Waals surface area contributed by atoms with Gasteiger partial charge in [-0.3, -0.25) is 4.90 Å². The summed E-state index contributed by atoms with van der Waals surface area (Å²) >= 11 is 1.81. The highest BCUT2D eigenvalue weighted by atomic mass is 127. The first-order valence-corrected chi connectivity index (χ1v) is 11.1. The number of thiophene rings is 1. The Bertz CT molecular complexity index is 755. The molecule has 162 valence electrons. The number of halogens is 1. The van der Waals surface area contributed by atoms with E-state index in [1.165, 1.54) is 11.3 Å². The lowest BCUT2D eigenvalue weighted by atomic mass is 10.2. The molecule has 2 aromatic heterocycles. The van der Waals surface area contributed by atoms with Crippen molar-refractivity contribution in [1.82, 2.24) is 29.9 Å². The van der Waals surface area contributed by atoms with Crippen LogP contribution in [0.1, 0.15) is 36.8 Å². The Hall–Kier alpha value is -1.20. The van der Waals surface area contributed by atoms with Crippen molar-refractivity contribution in [3.63, 3.8) is 0 Å². The van der Waals surface area contributed by atoms with Gasteiger partial charge in [-0.1, -0.05) is 19.9 Å². The van der Waals surface area contributed by atoms with E-state index in [1.807, 2.05) is 29.9 Å². The molecular weight excluding hydrogens is 497 g/mol. The lowest BCUT2D eigenvalue weighted by Gasteiger charge is -2.27. The zero-order chi connectivity index (χ0) is 19.9. The largest absolute Gasteiger partial charge is 0.356 e. The number of nitrogens with zero attached hydrogens (tertiary/aromatic N) is 6. The number of likely N-dealkylation sites (N-methyl/N-ethyl adjacent to an activating group) is 1. The Balaban J connectivity index is 0.00000300. The second-order valence-corrected chi connectivity index (χ2v) is 8.26. The zero-order valence-electron chi connectivity index (χ0n) is 18.0. The highest BCUT2D eigenvalue weighted by molar-refractivity contribution is 14.0. The van der Waals surface area contributed by atoms with Gasteiger partial charge in [-0.05, 0) is 44.3 Å². The number of rotatable bonds is 8. The van der Waals surface area contributed by atoms with Crippen LogP contribution in [0.4, 0.5) is 0 Å². The predicted molar refractivity (Wildman–Crippen MR) is 131 cm³/mol. The van der Waals surface area contributed by atoms with Crippen molar-refractivity contribution in [2.45, 2.75) is 46.2 Å². The van der Waals surface area contributed by atoms with Crippen LogP contribution in [0, 0.1) is 6.92 Å². The van der Waals surface area contributed by atoms with Crippen LogP contribution in [-0.2, 0) is 20.0 Å². The third-order valence-corrected chi connectivity index (χ3v) is 6.52. The van der Waals surface area contributed by atoms with Crippen molar-refractivity contribution in [3.8, 4) is 0 Å². The SMILES string of the molecule is CCN(CC)C1CCN(C(=NCc2nnc(C)n2C)NCCc2cccs2)C1.I. The lowest BCUT2D eigenvalue weighted by molar-refractivity contribution is 0.223. The van der Waals surface area contributed by atoms with Crippen LogP contribution >= 0.6 is 35.3 Å². The van der Waals surface area contributed by atoms with Crippen molar-refractivity contribution in [2.24, 2.45) is 12.0 Å². The smallest absolute Gasteiger partial charge is 0.194 e. The molecule has 0 aromatic carbocycles. The molecule has 29 heavy (non-hydrogen) atoms. The fraction of sp³-hybridized carbons (Fsp3) is 0.650. The quantitative estimate of drug-likeness (QED) is 0.323. The van der Waals surface area contributed by atoms with Gasteiger partial charge >= 0.3 is 0 Å². The monoisotopic (exact) mass is 531 g/mol. The normalized spacial score (nSPS) is 17.1. The molecule has 1 atom stereocenters. The Kier molecular flexibility index (Phi) is 9.84. The molecule has 0 aliphatic carbocycles. The molecule has 7 nitrogen and oxygen atoms in total. The average molecular weight is 532 g/mol. The maximum absolute atomic E-state index is 4.91. The minimum atomic E-state index is 0. The minimum absolute atomic E-state index is 0. The molecule has 0 bridgehead atoms. The molecule has 1 fully saturated rings. The van der Waals surface area contributed by atoms with Crippen molar-refractivity contribution < 1.29 is 0 Å². The van der Waals surface area contributed by atoms with Crippen molar-refractivity contribution >= 4 is 41.3 Å². The first-order valence-electron chi connectivity index (χ1n) is 10.3. The molecule has 0 spiro atoms. The zero-order valence-corrected chi connectivity index (χ0v) is 21.1. The van der Waals surface area contributed by atoms with Crippen LogP contribution in [-0.4, -0.2) is 69.3 Å². The van der Waals surface area contributed by atoms with Gasteiger partial charge in [0, 0.05) is 37.6 Å². The van der Waals surface area contributed by atoms with E-state index < -0.39 is 0 Å². The molecule has 0 amide bonds. The summed E-state index contributed by atoms with van der Waals surface area (Å²) in [5.74, 6) is 2.81. The van der Waals surface area contributed by atoms with E-state index in [1.54, 1.807) is 0 Å². The molecule has 1 N–H and O–H groups in total. The van der Waals surface area contributed by atoms with E-state index in [0.29, 0.717) is 12.6 Å². The molecule has 0 radical (unpaired) electrons. The first-order chi connectivity index (χ1) is 13.6. The highest BCUT2D eigenvalue weighted by Gasteiger charge is 2.28. The molecule has 1 unspecified atom stereocenters. The Morgan fingerprint density at radius 3 is 2.76 bits per heavy atom. The van der Waals surface area contributed by atoms with Crippen molar-refractivity contribution in [3.05, 3.63) is 34.0 Å². The van der Waals surface area contributed by atoms with Gasteiger partial charge in [-0.25, -0.2) is 4.99 Å². The van der Waals surface area contributed by atoms with Crippen molar-refractivity contribution in [2.75, 3.05) is 32.7 Å². The van der Waals surface area contributed by atoms with Crippen LogP contribution < -0.4 is 5.32 Å². The highest BCUT2D eigenvalue weighted by Crippen LogP contribution is 2.16. The number of hydrogen-bond acceptors (Lipinski definition) is 5. The summed E-state index contributed by atoms with van der Waals surface area (Å²) in [6.45, 7) is 12.2. The van der Waals surface area contributed by atoms with Crippen LogP contribution in [0.25, 0.3) is 0 Å². The summed E-state index contributed by atoms with van der Waals surface area (Å²) in [4.78, 5) is 11.3. The summed E-state index contributed by atoms with van der Waals surface area (Å²) in [5, 5.41) is 14.1. The van der Waals surface area contributed by atoms with Gasteiger partial charge in [0.2, 0.25) is 0 Å². The number of nitrogens with one attached hydrogen (secondary N) is 1. The molecule has 1 aliphatic rings. The van der Waals surface area contributed by atoms with Gasteiger partial charge in [-0.2, -0.15) is 0 Å². The summed E-state index contributed by atoms with van der Waals surface area (Å²) in [7, 11) is 2.00. The van der Waals surface area contributed by atoms with Crippen molar-refractivity contribution in [1.29, 1.82) is 0 Å². The summed E-state index contributed by atoms with van der Waals surface area (Å²) in [5.41, 5.74) is 0. The molecule has 9 heteroatoms. The van der Waals surface area contributed by atoms with Gasteiger partial charge in [0.1, 0.15) is 12.4 Å². The number of aliphatic imine (C=N–C) groups is 1. The van der Waals surface area contributed by atoms with Crippen LogP contribution in [0.15, 0.2) is 22.5 Å². The fourth-order valence-electron chi connectivity index (χ4n) is 3.73.